The lowest BCUT2D eigenvalue weighted by molar-refractivity contribution is 0.654. The van der Waals surface area contributed by atoms with Crippen LogP contribution in [0.4, 0.5) is 5.95 Å². The van der Waals surface area contributed by atoms with Crippen molar-refractivity contribution in [2.24, 2.45) is 12.8 Å². The van der Waals surface area contributed by atoms with Crippen molar-refractivity contribution < 1.29 is 0 Å². The van der Waals surface area contributed by atoms with Crippen LogP contribution in [0.5, 0.6) is 0 Å². The molecule has 1 unspecified atom stereocenters. The number of nitrogens with two attached hydrogens (primary N) is 1. The van der Waals surface area contributed by atoms with Gasteiger partial charge >= 0.3 is 0 Å². The molecule has 1 saturated heterocycles. The Bertz CT molecular complexity index is 281. The quantitative estimate of drug-likeness (QED) is 0.714. The zero-order chi connectivity index (χ0) is 9.26. The lowest BCUT2D eigenvalue weighted by atomic mass is 10.2. The normalized spacial score (nSPS) is 22.6. The largest absolute Gasteiger partial charge is 0.338 e. The first-order chi connectivity index (χ1) is 6.33. The van der Waals surface area contributed by atoms with Gasteiger partial charge in [-0.15, -0.1) is 0 Å². The molecule has 4 heteroatoms. The molecular weight excluding hydrogens is 164 g/mol. The number of aromatic nitrogens is 2. The molecule has 2 N–H and O–H groups in total. The zero-order valence-corrected chi connectivity index (χ0v) is 7.98. The molecule has 13 heavy (non-hydrogen) atoms. The van der Waals surface area contributed by atoms with Gasteiger partial charge in [-0.25, -0.2) is 4.98 Å². The number of hydrogen-bond donors (Lipinski definition) is 1. The minimum atomic E-state index is 0.487. The summed E-state index contributed by atoms with van der Waals surface area (Å²) in [5, 5.41) is 0. The van der Waals surface area contributed by atoms with Gasteiger partial charge in [0.1, 0.15) is 0 Å². The van der Waals surface area contributed by atoms with Crippen molar-refractivity contribution in [3.05, 3.63) is 12.4 Å². The third kappa shape index (κ3) is 1.42. The summed E-state index contributed by atoms with van der Waals surface area (Å²) in [5.41, 5.74) is 5.70. The van der Waals surface area contributed by atoms with Gasteiger partial charge in [0, 0.05) is 38.6 Å². The smallest absolute Gasteiger partial charge is 0.205 e. The number of aryl methyl sites for hydroxylation is 1. The van der Waals surface area contributed by atoms with Crippen molar-refractivity contribution in [1.29, 1.82) is 0 Å². The van der Waals surface area contributed by atoms with Crippen LogP contribution >= 0.6 is 0 Å². The van der Waals surface area contributed by atoms with Crippen LogP contribution in [-0.4, -0.2) is 28.7 Å². The van der Waals surface area contributed by atoms with Crippen molar-refractivity contribution >= 4 is 5.95 Å². The summed E-state index contributed by atoms with van der Waals surface area (Å²) in [5.74, 6) is 1.05. The summed E-state index contributed by atoms with van der Waals surface area (Å²) in [6.07, 6.45) is 6.24. The first-order valence-corrected chi connectivity index (χ1v) is 4.77. The maximum Gasteiger partial charge on any atom is 0.205 e. The van der Waals surface area contributed by atoms with Crippen LogP contribution in [0, 0.1) is 0 Å². The lowest BCUT2D eigenvalue weighted by Crippen LogP contribution is -2.36. The molecule has 1 aliphatic heterocycles. The number of nitrogens with zero attached hydrogens (tertiary/aromatic N) is 3. The molecule has 1 atom stereocenters. The summed E-state index contributed by atoms with van der Waals surface area (Å²) >= 11 is 0. The standard InChI is InChI=1S/C9H16N4/c1-12-6-4-11-9(12)13-5-2-3-8(13)7-10/h4,6,8H,2-3,5,7,10H2,1H3. The molecule has 1 fully saturated rings. The van der Waals surface area contributed by atoms with Crippen molar-refractivity contribution in [3.63, 3.8) is 0 Å². The van der Waals surface area contributed by atoms with Gasteiger partial charge in [-0.1, -0.05) is 0 Å². The minimum Gasteiger partial charge on any atom is -0.338 e. The molecule has 2 heterocycles. The monoisotopic (exact) mass is 180 g/mol. The van der Waals surface area contributed by atoms with Crippen LogP contribution in [-0.2, 0) is 7.05 Å². The zero-order valence-electron chi connectivity index (χ0n) is 7.98. The Morgan fingerprint density at radius 1 is 1.69 bits per heavy atom. The molecule has 4 nitrogen and oxygen atoms in total. The first-order valence-electron chi connectivity index (χ1n) is 4.77. The average molecular weight is 180 g/mol. The second kappa shape index (κ2) is 3.38. The van der Waals surface area contributed by atoms with Crippen molar-refractivity contribution in [1.82, 2.24) is 9.55 Å². The molecule has 72 valence electrons. The highest BCUT2D eigenvalue weighted by atomic mass is 15.3. The molecule has 0 aromatic carbocycles. The van der Waals surface area contributed by atoms with Gasteiger partial charge in [-0.2, -0.15) is 0 Å². The van der Waals surface area contributed by atoms with Crippen LogP contribution in [0.3, 0.4) is 0 Å². The van der Waals surface area contributed by atoms with E-state index in [4.69, 9.17) is 5.73 Å². The van der Waals surface area contributed by atoms with E-state index >= 15 is 0 Å². The minimum absolute atomic E-state index is 0.487. The van der Waals surface area contributed by atoms with Crippen LogP contribution in [0.15, 0.2) is 12.4 Å². The number of rotatable bonds is 2. The number of hydrogen-bond acceptors (Lipinski definition) is 3. The summed E-state index contributed by atoms with van der Waals surface area (Å²) in [7, 11) is 2.02. The maximum absolute atomic E-state index is 5.70. The molecule has 1 aromatic rings. The third-order valence-corrected chi connectivity index (χ3v) is 2.70. The van der Waals surface area contributed by atoms with E-state index in [0.29, 0.717) is 6.04 Å². The molecule has 0 bridgehead atoms. The molecule has 1 aliphatic rings. The Morgan fingerprint density at radius 2 is 2.54 bits per heavy atom. The van der Waals surface area contributed by atoms with E-state index in [0.717, 1.165) is 19.0 Å². The molecule has 0 saturated carbocycles. The van der Waals surface area contributed by atoms with Gasteiger partial charge in [-0.3, -0.25) is 0 Å². The third-order valence-electron chi connectivity index (χ3n) is 2.70. The highest BCUT2D eigenvalue weighted by molar-refractivity contribution is 5.34. The molecule has 0 aliphatic carbocycles. The predicted octanol–water partition coefficient (Wildman–Crippen LogP) is 0.348. The lowest BCUT2D eigenvalue weighted by Gasteiger charge is -2.24. The molecule has 1 aromatic heterocycles. The van der Waals surface area contributed by atoms with Gasteiger partial charge in [0.2, 0.25) is 5.95 Å². The first kappa shape index (κ1) is 8.56. The van der Waals surface area contributed by atoms with Gasteiger partial charge < -0.3 is 15.2 Å². The molecular formula is C9H16N4. The van der Waals surface area contributed by atoms with Gasteiger partial charge in [0.05, 0.1) is 0 Å². The van der Waals surface area contributed by atoms with Crippen LogP contribution in [0.1, 0.15) is 12.8 Å². The van der Waals surface area contributed by atoms with E-state index in [9.17, 15) is 0 Å². The average Bonchev–Trinajstić information content (AvgIpc) is 2.71. The van der Waals surface area contributed by atoms with Crippen molar-refractivity contribution in [2.75, 3.05) is 18.0 Å². The van der Waals surface area contributed by atoms with E-state index in [1.807, 2.05) is 24.0 Å². The van der Waals surface area contributed by atoms with E-state index < -0.39 is 0 Å². The van der Waals surface area contributed by atoms with Gasteiger partial charge in [0.25, 0.3) is 0 Å². The Labute approximate surface area is 78.4 Å². The highest BCUT2D eigenvalue weighted by Crippen LogP contribution is 2.22. The molecule has 2 rings (SSSR count). The SMILES string of the molecule is Cn1ccnc1N1CCCC1CN. The Morgan fingerprint density at radius 3 is 3.15 bits per heavy atom. The molecule has 0 radical (unpaired) electrons. The van der Waals surface area contributed by atoms with Crippen LogP contribution in [0.25, 0.3) is 0 Å². The number of imidazole rings is 1. The fraction of sp³-hybridized carbons (Fsp3) is 0.667. The molecule has 0 spiro atoms. The molecule has 0 amide bonds. The van der Waals surface area contributed by atoms with Crippen LogP contribution < -0.4 is 10.6 Å². The Kier molecular flexibility index (Phi) is 2.22. The topological polar surface area (TPSA) is 47.1 Å². The summed E-state index contributed by atoms with van der Waals surface area (Å²) in [4.78, 5) is 6.63. The van der Waals surface area contributed by atoms with E-state index in [1.165, 1.54) is 12.8 Å². The van der Waals surface area contributed by atoms with Gasteiger partial charge in [-0.05, 0) is 12.8 Å². The summed E-state index contributed by atoms with van der Waals surface area (Å²) < 4.78 is 2.05. The van der Waals surface area contributed by atoms with Crippen molar-refractivity contribution in [3.8, 4) is 0 Å². The highest BCUT2D eigenvalue weighted by Gasteiger charge is 2.25. The van der Waals surface area contributed by atoms with Crippen LogP contribution in [0.2, 0.25) is 0 Å². The Balaban J connectivity index is 2.20. The fourth-order valence-corrected chi connectivity index (χ4v) is 1.98. The van der Waals surface area contributed by atoms with Crippen molar-refractivity contribution in [2.45, 2.75) is 18.9 Å². The van der Waals surface area contributed by atoms with E-state index in [1.54, 1.807) is 0 Å². The second-order valence-corrected chi connectivity index (χ2v) is 3.56. The van der Waals surface area contributed by atoms with E-state index in [-0.39, 0.29) is 0 Å². The fourth-order valence-electron chi connectivity index (χ4n) is 1.98. The van der Waals surface area contributed by atoms with E-state index in [2.05, 4.69) is 9.88 Å². The second-order valence-electron chi connectivity index (χ2n) is 3.56. The number of anilines is 1. The Hall–Kier alpha value is -1.03. The predicted molar refractivity (Wildman–Crippen MR) is 52.6 cm³/mol. The van der Waals surface area contributed by atoms with Gasteiger partial charge in [0.15, 0.2) is 0 Å². The summed E-state index contributed by atoms with van der Waals surface area (Å²) in [6.45, 7) is 1.82. The summed E-state index contributed by atoms with van der Waals surface area (Å²) in [6, 6.07) is 0.487. The maximum atomic E-state index is 5.70.